The number of hydrogen-bond acceptors (Lipinski definition) is 2. The number of pyridine rings is 1. The summed E-state index contributed by atoms with van der Waals surface area (Å²) in [7, 11) is 0. The van der Waals surface area contributed by atoms with Gasteiger partial charge in [0.15, 0.2) is 5.65 Å². The third-order valence-corrected chi connectivity index (χ3v) is 2.38. The fourth-order valence-electron chi connectivity index (χ4n) is 1.25. The van der Waals surface area contributed by atoms with Crippen LogP contribution in [-0.4, -0.2) is 14.6 Å². The maximum atomic E-state index is 12.5. The van der Waals surface area contributed by atoms with Gasteiger partial charge in [0.1, 0.15) is 0 Å². The first kappa shape index (κ1) is 12.9. The quantitative estimate of drug-likeness (QED) is 0.696. The Morgan fingerprint density at radius 3 is 2.17 bits per heavy atom. The summed E-state index contributed by atoms with van der Waals surface area (Å²) in [6.07, 6.45) is -8.91. The van der Waals surface area contributed by atoms with Crippen LogP contribution in [0.1, 0.15) is 11.4 Å². The average molecular weight is 290 g/mol. The van der Waals surface area contributed by atoms with E-state index in [2.05, 4.69) is 10.1 Å². The fraction of sp³-hybridized carbons (Fsp3) is 0.250. The molecule has 0 N–H and O–H groups in total. The molecule has 0 bridgehead atoms. The van der Waals surface area contributed by atoms with Crippen molar-refractivity contribution in [3.8, 4) is 0 Å². The summed E-state index contributed by atoms with van der Waals surface area (Å²) in [5, 5.41) is 2.07. The molecule has 18 heavy (non-hydrogen) atoms. The van der Waals surface area contributed by atoms with Gasteiger partial charge in [0, 0.05) is 6.20 Å². The average Bonchev–Trinajstić information content (AvgIpc) is 2.59. The minimum atomic E-state index is -4.85. The van der Waals surface area contributed by atoms with Crippen molar-refractivity contribution in [2.24, 2.45) is 0 Å². The number of nitrogens with zero attached hydrogens (tertiary/aromatic N) is 3. The number of halogens is 7. The van der Waals surface area contributed by atoms with Crippen LogP contribution >= 0.6 is 11.6 Å². The van der Waals surface area contributed by atoms with E-state index >= 15 is 0 Å². The second-order valence-corrected chi connectivity index (χ2v) is 3.62. The topological polar surface area (TPSA) is 30.2 Å². The minimum absolute atomic E-state index is 0.532. The molecule has 0 amide bonds. The fourth-order valence-corrected chi connectivity index (χ4v) is 1.55. The normalized spacial score (nSPS) is 13.3. The first-order valence-electron chi connectivity index (χ1n) is 4.30. The maximum absolute atomic E-state index is 12.5. The summed E-state index contributed by atoms with van der Waals surface area (Å²) in [5.41, 5.74) is -1.96. The highest BCUT2D eigenvalue weighted by atomic mass is 35.5. The molecule has 2 aromatic rings. The van der Waals surface area contributed by atoms with Crippen LogP contribution in [0.2, 0.25) is 5.02 Å². The molecule has 3 nitrogen and oxygen atoms in total. The molecular formula is C8H2ClF6N3. The Kier molecular flexibility index (Phi) is 2.69. The zero-order chi connectivity index (χ0) is 13.7. The van der Waals surface area contributed by atoms with Gasteiger partial charge in [0.05, 0.1) is 10.6 Å². The highest BCUT2D eigenvalue weighted by Crippen LogP contribution is 2.36. The summed E-state index contributed by atoms with van der Waals surface area (Å²) in [4.78, 5) is 2.95. The van der Waals surface area contributed by atoms with Crippen LogP contribution in [-0.2, 0) is 12.4 Å². The van der Waals surface area contributed by atoms with E-state index in [1.54, 1.807) is 0 Å². The van der Waals surface area contributed by atoms with Crippen LogP contribution in [0.15, 0.2) is 12.3 Å². The largest absolute Gasteiger partial charge is 0.453 e. The highest BCUT2D eigenvalue weighted by molar-refractivity contribution is 6.34. The number of aromatic nitrogens is 3. The lowest BCUT2D eigenvalue weighted by molar-refractivity contribution is -0.144. The predicted octanol–water partition coefficient (Wildman–Crippen LogP) is 3.42. The summed E-state index contributed by atoms with van der Waals surface area (Å²) < 4.78 is 74.8. The van der Waals surface area contributed by atoms with Gasteiger partial charge in [-0.1, -0.05) is 11.6 Å². The van der Waals surface area contributed by atoms with Crippen LogP contribution in [0.25, 0.3) is 5.65 Å². The third kappa shape index (κ3) is 2.09. The van der Waals surface area contributed by atoms with Crippen molar-refractivity contribution in [2.75, 3.05) is 0 Å². The lowest BCUT2D eigenvalue weighted by Crippen LogP contribution is -2.07. The zero-order valence-electron chi connectivity index (χ0n) is 8.14. The summed E-state index contributed by atoms with van der Waals surface area (Å²) in [6.45, 7) is 0. The van der Waals surface area contributed by atoms with Crippen molar-refractivity contribution in [3.05, 3.63) is 28.7 Å². The molecule has 0 fully saturated rings. The lowest BCUT2D eigenvalue weighted by atomic mass is 10.2. The second-order valence-electron chi connectivity index (χ2n) is 3.24. The van der Waals surface area contributed by atoms with Gasteiger partial charge < -0.3 is 0 Å². The molecular weight excluding hydrogens is 288 g/mol. The Morgan fingerprint density at radius 1 is 1.06 bits per heavy atom. The molecule has 0 aliphatic carbocycles. The van der Waals surface area contributed by atoms with Crippen LogP contribution in [0, 0.1) is 0 Å². The molecule has 0 atom stereocenters. The van der Waals surface area contributed by atoms with Gasteiger partial charge >= 0.3 is 12.4 Å². The standard InChI is InChI=1S/C8H2ClF6N3/c9-4-3(7(10,11)12)1-2-18-5(4)16-6(17-18)8(13,14)15/h1-2H. The van der Waals surface area contributed by atoms with Crippen LogP contribution in [0.5, 0.6) is 0 Å². The van der Waals surface area contributed by atoms with Gasteiger partial charge in [-0.3, -0.25) is 0 Å². The van der Waals surface area contributed by atoms with E-state index in [0.717, 1.165) is 0 Å². The predicted molar refractivity (Wildman–Crippen MR) is 48.0 cm³/mol. The van der Waals surface area contributed by atoms with Crippen LogP contribution in [0.4, 0.5) is 26.3 Å². The van der Waals surface area contributed by atoms with Crippen molar-refractivity contribution in [1.29, 1.82) is 0 Å². The Labute approximate surface area is 100.0 Å². The molecule has 2 heterocycles. The van der Waals surface area contributed by atoms with Gasteiger partial charge in [-0.05, 0) is 6.07 Å². The Morgan fingerprint density at radius 2 is 1.67 bits per heavy atom. The van der Waals surface area contributed by atoms with E-state index in [4.69, 9.17) is 11.6 Å². The van der Waals surface area contributed by atoms with Gasteiger partial charge in [-0.15, -0.1) is 5.10 Å². The van der Waals surface area contributed by atoms with Crippen molar-refractivity contribution in [1.82, 2.24) is 14.6 Å². The van der Waals surface area contributed by atoms with Gasteiger partial charge in [-0.25, -0.2) is 9.50 Å². The van der Waals surface area contributed by atoms with E-state index in [1.165, 1.54) is 0 Å². The van der Waals surface area contributed by atoms with Crippen molar-refractivity contribution in [3.63, 3.8) is 0 Å². The molecule has 2 rings (SSSR count). The number of fused-ring (bicyclic) bond motifs is 1. The van der Waals surface area contributed by atoms with Crippen LogP contribution < -0.4 is 0 Å². The molecule has 98 valence electrons. The Bertz CT molecular complexity index is 599. The van der Waals surface area contributed by atoms with Gasteiger partial charge in [-0.2, -0.15) is 26.3 Å². The van der Waals surface area contributed by atoms with Gasteiger partial charge in [0.2, 0.25) is 0 Å². The second kappa shape index (κ2) is 3.74. The van der Waals surface area contributed by atoms with Crippen LogP contribution in [0.3, 0.4) is 0 Å². The van der Waals surface area contributed by atoms with Gasteiger partial charge in [0.25, 0.3) is 5.82 Å². The molecule has 0 saturated carbocycles. The maximum Gasteiger partial charge on any atom is 0.453 e. The first-order chi connectivity index (χ1) is 8.10. The van der Waals surface area contributed by atoms with E-state index in [0.29, 0.717) is 16.8 Å². The number of alkyl halides is 6. The molecule has 0 unspecified atom stereocenters. The minimum Gasteiger partial charge on any atom is -0.219 e. The molecule has 0 saturated heterocycles. The zero-order valence-corrected chi connectivity index (χ0v) is 8.90. The Balaban J connectivity index is 2.69. The Hall–Kier alpha value is -1.51. The smallest absolute Gasteiger partial charge is 0.219 e. The molecule has 0 aliphatic rings. The van der Waals surface area contributed by atoms with Crippen molar-refractivity contribution in [2.45, 2.75) is 12.4 Å². The van der Waals surface area contributed by atoms with E-state index in [9.17, 15) is 26.3 Å². The van der Waals surface area contributed by atoms with E-state index in [1.807, 2.05) is 0 Å². The SMILES string of the molecule is FC(F)(F)c1nc2c(Cl)c(C(F)(F)F)ccn2n1. The number of hydrogen-bond donors (Lipinski definition) is 0. The van der Waals surface area contributed by atoms with Crippen molar-refractivity contribution < 1.29 is 26.3 Å². The molecule has 0 spiro atoms. The number of rotatable bonds is 0. The molecule has 10 heteroatoms. The first-order valence-corrected chi connectivity index (χ1v) is 4.68. The monoisotopic (exact) mass is 289 g/mol. The highest BCUT2D eigenvalue weighted by Gasteiger charge is 2.38. The molecule has 2 aromatic heterocycles. The molecule has 0 aromatic carbocycles. The lowest BCUT2D eigenvalue weighted by Gasteiger charge is -2.08. The van der Waals surface area contributed by atoms with Crippen molar-refractivity contribution >= 4 is 17.2 Å². The summed E-state index contributed by atoms with van der Waals surface area (Å²) in [5.74, 6) is -1.55. The summed E-state index contributed by atoms with van der Waals surface area (Å²) >= 11 is 5.38. The van der Waals surface area contributed by atoms with E-state index in [-0.39, 0.29) is 0 Å². The molecule has 0 aliphatic heterocycles. The third-order valence-electron chi connectivity index (χ3n) is 2.01. The summed E-state index contributed by atoms with van der Waals surface area (Å²) in [6, 6.07) is 0.532. The van der Waals surface area contributed by atoms with E-state index < -0.39 is 34.4 Å². The molecule has 0 radical (unpaired) electrons.